The van der Waals surface area contributed by atoms with Gasteiger partial charge in [-0.3, -0.25) is 4.98 Å². The summed E-state index contributed by atoms with van der Waals surface area (Å²) >= 11 is 0. The first-order valence-electron chi connectivity index (χ1n) is 5.70. The van der Waals surface area contributed by atoms with Crippen LogP contribution in [0, 0.1) is 0 Å². The van der Waals surface area contributed by atoms with Crippen molar-refractivity contribution in [2.75, 3.05) is 0 Å². The van der Waals surface area contributed by atoms with Gasteiger partial charge in [0.05, 0.1) is 18.5 Å². The zero-order valence-corrected chi connectivity index (χ0v) is 10.3. The highest BCUT2D eigenvalue weighted by Crippen LogP contribution is 2.13. The zero-order chi connectivity index (χ0) is 13.0. The molecule has 0 saturated heterocycles. The molecule has 0 bridgehead atoms. The summed E-state index contributed by atoms with van der Waals surface area (Å²) in [6.45, 7) is 4.11. The summed E-state index contributed by atoms with van der Waals surface area (Å²) in [5.41, 5.74) is 0.599. The van der Waals surface area contributed by atoms with Gasteiger partial charge < -0.3 is 14.4 Å². The Morgan fingerprint density at radius 1 is 1.39 bits per heavy atom. The normalized spacial score (nSPS) is 10.9. The Kier molecular flexibility index (Phi) is 3.88. The van der Waals surface area contributed by atoms with Gasteiger partial charge in [-0.1, -0.05) is 19.0 Å². The molecular formula is C12H15N3O3. The summed E-state index contributed by atoms with van der Waals surface area (Å²) in [6, 6.07) is 3.43. The Bertz CT molecular complexity index is 494. The van der Waals surface area contributed by atoms with Crippen molar-refractivity contribution < 1.29 is 14.4 Å². The second-order valence-electron chi connectivity index (χ2n) is 4.13. The van der Waals surface area contributed by atoms with E-state index in [2.05, 4.69) is 15.1 Å². The standard InChI is InChI=1S/C12H15N3O3/c1-8(2)12-14-11(18-15-12)7-17-10-4-3-9(6-16)13-5-10/h3-5,8,16H,6-7H2,1-2H3. The number of rotatable bonds is 5. The van der Waals surface area contributed by atoms with Crippen LogP contribution in [0.15, 0.2) is 22.9 Å². The van der Waals surface area contributed by atoms with Crippen LogP contribution in [0.3, 0.4) is 0 Å². The van der Waals surface area contributed by atoms with Gasteiger partial charge in [-0.05, 0) is 12.1 Å². The van der Waals surface area contributed by atoms with Crippen LogP contribution in [0.25, 0.3) is 0 Å². The summed E-state index contributed by atoms with van der Waals surface area (Å²) < 4.78 is 10.5. The number of nitrogens with zero attached hydrogens (tertiary/aromatic N) is 3. The fraction of sp³-hybridized carbons (Fsp3) is 0.417. The van der Waals surface area contributed by atoms with Crippen LogP contribution in [-0.4, -0.2) is 20.2 Å². The molecule has 0 radical (unpaired) electrons. The fourth-order valence-electron chi connectivity index (χ4n) is 1.30. The highest BCUT2D eigenvalue weighted by Gasteiger charge is 2.09. The van der Waals surface area contributed by atoms with Gasteiger partial charge in [0, 0.05) is 5.92 Å². The summed E-state index contributed by atoms with van der Waals surface area (Å²) in [4.78, 5) is 8.20. The number of aliphatic hydroxyl groups excluding tert-OH is 1. The van der Waals surface area contributed by atoms with Crippen LogP contribution in [-0.2, 0) is 13.2 Å². The summed E-state index contributed by atoms with van der Waals surface area (Å²) in [5.74, 6) is 1.93. The number of ether oxygens (including phenoxy) is 1. The Labute approximate surface area is 105 Å². The van der Waals surface area contributed by atoms with Crippen molar-refractivity contribution >= 4 is 0 Å². The average molecular weight is 249 g/mol. The van der Waals surface area contributed by atoms with Crippen LogP contribution in [0.2, 0.25) is 0 Å². The molecule has 6 heteroatoms. The van der Waals surface area contributed by atoms with Crippen LogP contribution in [0.5, 0.6) is 5.75 Å². The highest BCUT2D eigenvalue weighted by atomic mass is 16.5. The van der Waals surface area contributed by atoms with Crippen molar-refractivity contribution in [2.24, 2.45) is 0 Å². The van der Waals surface area contributed by atoms with E-state index in [1.807, 2.05) is 13.8 Å². The van der Waals surface area contributed by atoms with Crippen molar-refractivity contribution in [2.45, 2.75) is 33.0 Å². The number of aliphatic hydroxyl groups is 1. The number of aromatic nitrogens is 3. The van der Waals surface area contributed by atoms with Crippen LogP contribution in [0.1, 0.15) is 37.2 Å². The van der Waals surface area contributed by atoms with Crippen molar-refractivity contribution in [3.8, 4) is 5.75 Å². The lowest BCUT2D eigenvalue weighted by atomic mass is 10.2. The smallest absolute Gasteiger partial charge is 0.264 e. The third-order valence-electron chi connectivity index (χ3n) is 2.32. The van der Waals surface area contributed by atoms with Crippen LogP contribution in [0.4, 0.5) is 0 Å². The van der Waals surface area contributed by atoms with Crippen LogP contribution < -0.4 is 4.74 Å². The fourth-order valence-corrected chi connectivity index (χ4v) is 1.30. The van der Waals surface area contributed by atoms with Gasteiger partial charge in [0.15, 0.2) is 12.4 Å². The molecule has 0 aromatic carbocycles. The average Bonchev–Trinajstić information content (AvgIpc) is 2.86. The Hall–Kier alpha value is -1.95. The van der Waals surface area contributed by atoms with Gasteiger partial charge in [-0.25, -0.2) is 0 Å². The van der Waals surface area contributed by atoms with Crippen molar-refractivity contribution in [1.82, 2.24) is 15.1 Å². The van der Waals surface area contributed by atoms with Gasteiger partial charge in [0.1, 0.15) is 5.75 Å². The first-order chi connectivity index (χ1) is 8.69. The highest BCUT2D eigenvalue weighted by molar-refractivity contribution is 5.19. The number of hydrogen-bond acceptors (Lipinski definition) is 6. The molecule has 1 N–H and O–H groups in total. The molecule has 2 rings (SSSR count). The SMILES string of the molecule is CC(C)c1noc(COc2ccc(CO)nc2)n1. The third-order valence-corrected chi connectivity index (χ3v) is 2.32. The third kappa shape index (κ3) is 3.04. The second kappa shape index (κ2) is 5.59. The number of hydrogen-bond donors (Lipinski definition) is 1. The minimum Gasteiger partial charge on any atom is -0.482 e. The van der Waals surface area contributed by atoms with E-state index in [1.54, 1.807) is 18.3 Å². The maximum absolute atomic E-state index is 8.85. The van der Waals surface area contributed by atoms with E-state index in [0.717, 1.165) is 0 Å². The van der Waals surface area contributed by atoms with Crippen molar-refractivity contribution in [1.29, 1.82) is 0 Å². The molecule has 2 aromatic heterocycles. The minimum atomic E-state index is -0.0817. The molecule has 6 nitrogen and oxygen atoms in total. The molecule has 96 valence electrons. The maximum atomic E-state index is 8.85. The van der Waals surface area contributed by atoms with E-state index >= 15 is 0 Å². The predicted molar refractivity (Wildman–Crippen MR) is 62.9 cm³/mol. The number of pyridine rings is 1. The van der Waals surface area contributed by atoms with E-state index in [9.17, 15) is 0 Å². The topological polar surface area (TPSA) is 81.3 Å². The lowest BCUT2D eigenvalue weighted by molar-refractivity contribution is 0.240. The first kappa shape index (κ1) is 12.5. The molecule has 0 fully saturated rings. The Balaban J connectivity index is 1.93. The van der Waals surface area contributed by atoms with Gasteiger partial charge in [0.25, 0.3) is 5.89 Å². The van der Waals surface area contributed by atoms with Crippen LogP contribution >= 0.6 is 0 Å². The van der Waals surface area contributed by atoms with Gasteiger partial charge in [0.2, 0.25) is 0 Å². The molecular weight excluding hydrogens is 234 g/mol. The van der Waals surface area contributed by atoms with E-state index in [0.29, 0.717) is 23.2 Å². The molecule has 0 saturated carbocycles. The molecule has 0 spiro atoms. The van der Waals surface area contributed by atoms with Gasteiger partial charge in [-0.15, -0.1) is 0 Å². The monoisotopic (exact) mass is 249 g/mol. The van der Waals surface area contributed by atoms with Gasteiger partial charge in [-0.2, -0.15) is 4.98 Å². The molecule has 2 aromatic rings. The zero-order valence-electron chi connectivity index (χ0n) is 10.3. The summed E-state index contributed by atoms with van der Waals surface area (Å²) in [5, 5.41) is 12.7. The molecule has 0 amide bonds. The predicted octanol–water partition coefficient (Wildman–Crippen LogP) is 1.66. The quantitative estimate of drug-likeness (QED) is 0.867. The Morgan fingerprint density at radius 2 is 2.22 bits per heavy atom. The van der Waals surface area contributed by atoms with E-state index in [1.165, 1.54) is 0 Å². The van der Waals surface area contributed by atoms with Gasteiger partial charge >= 0.3 is 0 Å². The molecule has 0 atom stereocenters. The molecule has 0 aliphatic heterocycles. The van der Waals surface area contributed by atoms with E-state index in [-0.39, 0.29) is 19.1 Å². The molecule has 18 heavy (non-hydrogen) atoms. The lowest BCUT2D eigenvalue weighted by Crippen LogP contribution is -1.98. The van der Waals surface area contributed by atoms with Crippen molar-refractivity contribution in [3.63, 3.8) is 0 Å². The van der Waals surface area contributed by atoms with Crippen molar-refractivity contribution in [3.05, 3.63) is 35.7 Å². The maximum Gasteiger partial charge on any atom is 0.264 e. The van der Waals surface area contributed by atoms with E-state index < -0.39 is 0 Å². The molecule has 0 unspecified atom stereocenters. The summed E-state index contributed by atoms with van der Waals surface area (Å²) in [6.07, 6.45) is 1.55. The van der Waals surface area contributed by atoms with E-state index in [4.69, 9.17) is 14.4 Å². The minimum absolute atomic E-state index is 0.0817. The second-order valence-corrected chi connectivity index (χ2v) is 4.13. The first-order valence-corrected chi connectivity index (χ1v) is 5.70. The lowest BCUT2D eigenvalue weighted by Gasteiger charge is -2.02. The largest absolute Gasteiger partial charge is 0.482 e. The summed E-state index contributed by atoms with van der Waals surface area (Å²) in [7, 11) is 0. The molecule has 0 aliphatic rings. The Morgan fingerprint density at radius 3 is 2.78 bits per heavy atom. The molecule has 2 heterocycles. The molecule has 0 aliphatic carbocycles.